The Kier molecular flexibility index (Phi) is 10.6. The molecular weight excluding hydrogens is 422 g/mol. The Hall–Kier alpha value is -3.21. The second kappa shape index (κ2) is 12.6. The van der Waals surface area contributed by atoms with Gasteiger partial charge in [-0.25, -0.2) is 4.79 Å². The lowest BCUT2D eigenvalue weighted by molar-refractivity contribution is -0.170. The normalized spacial score (nSPS) is 11.0. The van der Waals surface area contributed by atoms with Crippen molar-refractivity contribution in [1.82, 2.24) is 5.06 Å². The van der Waals surface area contributed by atoms with Crippen molar-refractivity contribution in [2.45, 2.75) is 38.2 Å². The molecule has 0 aliphatic rings. The van der Waals surface area contributed by atoms with Gasteiger partial charge in [-0.1, -0.05) is 31.2 Å². The summed E-state index contributed by atoms with van der Waals surface area (Å²) < 4.78 is 5.65. The third-order valence-corrected chi connectivity index (χ3v) is 4.36. The monoisotopic (exact) mass is 451 g/mol. The van der Waals surface area contributed by atoms with Gasteiger partial charge in [0.25, 0.3) is 0 Å². The summed E-state index contributed by atoms with van der Waals surface area (Å²) in [6, 6.07) is 12.6. The molecule has 5 N–H and O–H groups in total. The lowest BCUT2D eigenvalue weighted by Crippen LogP contribution is -2.42. The predicted molar refractivity (Wildman–Crippen MR) is 115 cm³/mol. The maximum Gasteiger partial charge on any atom is 0.336 e. The van der Waals surface area contributed by atoms with E-state index < -0.39 is 36.4 Å². The number of hydrogen-bond donors (Lipinski definition) is 5. The SMILES string of the molecule is CCCOc1ccc2ccc(CCN(C)O)cc2c1.O=C(O)CC(O)(CC(=O)O)C(=O)O. The first kappa shape index (κ1) is 26.8. The Morgan fingerprint density at radius 3 is 2.06 bits per heavy atom. The summed E-state index contributed by atoms with van der Waals surface area (Å²) in [5, 5.41) is 46.6. The largest absolute Gasteiger partial charge is 0.494 e. The standard InChI is InChI=1S/C16H21NO2.C6H8O7/c1-3-10-19-16-7-6-14-5-4-13(8-9-17(2)18)11-15(14)12-16;7-3(8)1-6(13,5(11)12)2-4(9)10/h4-7,11-12,18H,3,8-10H2,1-2H3;13H,1-2H2,(H,7,8)(H,9,10)(H,11,12). The smallest absolute Gasteiger partial charge is 0.336 e. The minimum Gasteiger partial charge on any atom is -0.494 e. The number of hydrogen-bond acceptors (Lipinski definition) is 7. The molecule has 176 valence electrons. The Morgan fingerprint density at radius 1 is 0.969 bits per heavy atom. The topological polar surface area (TPSA) is 165 Å². The van der Waals surface area contributed by atoms with Gasteiger partial charge in [0.1, 0.15) is 5.75 Å². The van der Waals surface area contributed by atoms with Crippen LogP contribution in [0.25, 0.3) is 10.8 Å². The summed E-state index contributed by atoms with van der Waals surface area (Å²) in [4.78, 5) is 30.5. The maximum absolute atomic E-state index is 10.3. The summed E-state index contributed by atoms with van der Waals surface area (Å²) in [5.41, 5.74) is -1.52. The molecule has 0 aliphatic heterocycles. The highest BCUT2D eigenvalue weighted by Crippen LogP contribution is 2.22. The predicted octanol–water partition coefficient (Wildman–Crippen LogP) is 2.24. The van der Waals surface area contributed by atoms with Crippen LogP contribution in [0.4, 0.5) is 0 Å². The van der Waals surface area contributed by atoms with Crippen LogP contribution in [-0.4, -0.2) is 74.4 Å². The number of aliphatic carboxylic acids is 3. The van der Waals surface area contributed by atoms with Gasteiger partial charge < -0.3 is 30.4 Å². The van der Waals surface area contributed by atoms with Crippen LogP contribution in [0.3, 0.4) is 0 Å². The van der Waals surface area contributed by atoms with E-state index in [9.17, 15) is 19.6 Å². The van der Waals surface area contributed by atoms with Crippen molar-refractivity contribution in [3.8, 4) is 5.75 Å². The summed E-state index contributed by atoms with van der Waals surface area (Å²) in [6.45, 7) is 3.49. The van der Waals surface area contributed by atoms with Gasteiger partial charge in [0.15, 0.2) is 5.60 Å². The zero-order valence-electron chi connectivity index (χ0n) is 18.0. The van der Waals surface area contributed by atoms with E-state index in [1.54, 1.807) is 7.05 Å². The molecule has 0 heterocycles. The number of fused-ring (bicyclic) bond motifs is 1. The number of carboxylic acids is 3. The van der Waals surface area contributed by atoms with Gasteiger partial charge in [-0.15, -0.1) is 0 Å². The zero-order chi connectivity index (χ0) is 24.3. The molecule has 10 heteroatoms. The van der Waals surface area contributed by atoms with E-state index in [1.807, 2.05) is 6.07 Å². The van der Waals surface area contributed by atoms with Crippen LogP contribution in [0.5, 0.6) is 5.75 Å². The minimum atomic E-state index is -2.74. The van der Waals surface area contributed by atoms with Crippen LogP contribution in [0, 0.1) is 0 Å². The molecule has 0 saturated heterocycles. The number of carbonyl (C=O) groups is 3. The molecule has 0 amide bonds. The van der Waals surface area contributed by atoms with Gasteiger partial charge in [-0.3, -0.25) is 9.59 Å². The average Bonchev–Trinajstić information content (AvgIpc) is 2.69. The van der Waals surface area contributed by atoms with E-state index in [2.05, 4.69) is 37.3 Å². The van der Waals surface area contributed by atoms with Gasteiger partial charge in [-0.05, 0) is 41.3 Å². The van der Waals surface area contributed by atoms with Gasteiger partial charge in [0, 0.05) is 13.6 Å². The molecule has 0 aliphatic carbocycles. The third-order valence-electron chi connectivity index (χ3n) is 4.36. The fourth-order valence-electron chi connectivity index (χ4n) is 2.74. The molecule has 0 bridgehead atoms. The number of ether oxygens (including phenoxy) is 1. The first-order valence-electron chi connectivity index (χ1n) is 9.91. The van der Waals surface area contributed by atoms with Crippen LogP contribution < -0.4 is 4.74 Å². The highest BCUT2D eigenvalue weighted by molar-refractivity contribution is 5.88. The maximum atomic E-state index is 10.3. The molecule has 10 nitrogen and oxygen atoms in total. The molecule has 0 saturated carbocycles. The van der Waals surface area contributed by atoms with E-state index in [4.69, 9.17) is 25.2 Å². The fraction of sp³-hybridized carbons (Fsp3) is 0.409. The summed E-state index contributed by atoms with van der Waals surface area (Å²) in [6.07, 6.45) is -0.437. The average molecular weight is 451 g/mol. The van der Waals surface area contributed by atoms with Crippen molar-refractivity contribution in [2.75, 3.05) is 20.2 Å². The Morgan fingerprint density at radius 2 is 1.56 bits per heavy atom. The molecule has 0 radical (unpaired) electrons. The highest BCUT2D eigenvalue weighted by Gasteiger charge is 2.40. The van der Waals surface area contributed by atoms with Crippen molar-refractivity contribution in [1.29, 1.82) is 0 Å². The van der Waals surface area contributed by atoms with E-state index in [-0.39, 0.29) is 0 Å². The molecule has 0 atom stereocenters. The Labute approximate surface area is 185 Å². The van der Waals surface area contributed by atoms with Crippen molar-refractivity contribution in [3.05, 3.63) is 42.0 Å². The fourth-order valence-corrected chi connectivity index (χ4v) is 2.74. The molecule has 0 fully saturated rings. The number of nitrogens with zero attached hydrogens (tertiary/aromatic N) is 1. The molecule has 0 spiro atoms. The Balaban J connectivity index is 0.000000347. The van der Waals surface area contributed by atoms with Crippen molar-refractivity contribution in [2.24, 2.45) is 0 Å². The van der Waals surface area contributed by atoms with Crippen molar-refractivity contribution >= 4 is 28.7 Å². The molecule has 0 unspecified atom stereocenters. The molecule has 2 aromatic carbocycles. The zero-order valence-corrected chi connectivity index (χ0v) is 18.0. The Bertz CT molecular complexity index is 911. The van der Waals surface area contributed by atoms with Crippen LogP contribution >= 0.6 is 0 Å². The van der Waals surface area contributed by atoms with Crippen molar-refractivity contribution < 1.29 is 44.8 Å². The first-order valence-corrected chi connectivity index (χ1v) is 9.91. The number of benzene rings is 2. The highest BCUT2D eigenvalue weighted by atomic mass is 16.5. The van der Waals surface area contributed by atoms with E-state index in [1.165, 1.54) is 21.4 Å². The van der Waals surface area contributed by atoms with Crippen LogP contribution in [0.2, 0.25) is 0 Å². The second-order valence-electron chi connectivity index (χ2n) is 7.30. The van der Waals surface area contributed by atoms with E-state index in [0.717, 1.165) is 25.2 Å². The van der Waals surface area contributed by atoms with Gasteiger partial charge in [-0.2, -0.15) is 5.06 Å². The second-order valence-corrected chi connectivity index (χ2v) is 7.30. The van der Waals surface area contributed by atoms with E-state index in [0.29, 0.717) is 6.54 Å². The van der Waals surface area contributed by atoms with Crippen LogP contribution in [-0.2, 0) is 20.8 Å². The number of likely N-dealkylation sites (N-methyl/N-ethyl adjacent to an activating group) is 1. The van der Waals surface area contributed by atoms with Gasteiger partial charge in [0.2, 0.25) is 0 Å². The molecule has 0 aromatic heterocycles. The third kappa shape index (κ3) is 9.29. The van der Waals surface area contributed by atoms with Crippen molar-refractivity contribution in [3.63, 3.8) is 0 Å². The molecule has 32 heavy (non-hydrogen) atoms. The summed E-state index contributed by atoms with van der Waals surface area (Å²) in [7, 11) is 1.66. The molecular formula is C22H29NO9. The number of carboxylic acid groups (broad SMARTS) is 3. The van der Waals surface area contributed by atoms with Crippen LogP contribution in [0.1, 0.15) is 31.7 Å². The molecule has 2 aromatic rings. The van der Waals surface area contributed by atoms with Gasteiger partial charge >= 0.3 is 17.9 Å². The summed E-state index contributed by atoms with van der Waals surface area (Å²) in [5.74, 6) is -4.10. The first-order chi connectivity index (χ1) is 15.0. The number of aliphatic hydroxyl groups is 1. The molecule has 2 rings (SSSR count). The quantitative estimate of drug-likeness (QED) is 0.320. The minimum absolute atomic E-state index is 0.636. The van der Waals surface area contributed by atoms with Gasteiger partial charge in [0.05, 0.1) is 19.4 Å². The van der Waals surface area contributed by atoms with E-state index >= 15 is 0 Å². The van der Waals surface area contributed by atoms with Crippen LogP contribution in [0.15, 0.2) is 36.4 Å². The number of rotatable bonds is 11. The summed E-state index contributed by atoms with van der Waals surface area (Å²) >= 11 is 0. The lowest BCUT2D eigenvalue weighted by atomic mass is 9.96. The lowest BCUT2D eigenvalue weighted by Gasteiger charge is -2.18. The number of hydroxylamine groups is 2.